The molecule has 110 valence electrons. The Hall–Kier alpha value is -1.65. The van der Waals surface area contributed by atoms with Crippen molar-refractivity contribution in [2.24, 2.45) is 0 Å². The maximum absolute atomic E-state index is 10.9. The Bertz CT molecular complexity index is 632. The quantitative estimate of drug-likeness (QED) is 0.902. The first-order valence-electron chi connectivity index (χ1n) is 7.26. The highest BCUT2D eigenvalue weighted by Gasteiger charge is 2.25. The highest BCUT2D eigenvalue weighted by molar-refractivity contribution is 7.10. The van der Waals surface area contributed by atoms with Crippen LogP contribution in [0, 0.1) is 6.92 Å². The van der Waals surface area contributed by atoms with Crippen molar-refractivity contribution in [1.82, 2.24) is 5.32 Å². The Balaban J connectivity index is 1.77. The van der Waals surface area contributed by atoms with Crippen molar-refractivity contribution in [1.29, 1.82) is 0 Å². The van der Waals surface area contributed by atoms with Gasteiger partial charge in [0, 0.05) is 10.9 Å². The van der Waals surface area contributed by atoms with Crippen LogP contribution in [0.3, 0.4) is 0 Å². The van der Waals surface area contributed by atoms with Crippen molar-refractivity contribution in [3.63, 3.8) is 0 Å². The van der Waals surface area contributed by atoms with Gasteiger partial charge in [-0.2, -0.15) is 0 Å². The minimum absolute atomic E-state index is 0.311. The van der Waals surface area contributed by atoms with Crippen molar-refractivity contribution in [3.8, 4) is 0 Å². The third kappa shape index (κ3) is 3.01. The molecule has 1 saturated heterocycles. The smallest absolute Gasteiger partial charge is 0.335 e. The number of benzene rings is 1. The molecule has 1 aromatic carbocycles. The van der Waals surface area contributed by atoms with Crippen LogP contribution in [0.2, 0.25) is 0 Å². The van der Waals surface area contributed by atoms with Gasteiger partial charge in [0.1, 0.15) is 0 Å². The SMILES string of the molecule is Cc1sccc1C1CCN[C@H](c2ccc(C(=O)O)cc2)C1. The summed E-state index contributed by atoms with van der Waals surface area (Å²) in [5.74, 6) is -0.272. The van der Waals surface area contributed by atoms with E-state index in [0.717, 1.165) is 13.0 Å². The number of carbonyl (C=O) groups is 1. The van der Waals surface area contributed by atoms with Crippen LogP contribution in [0.1, 0.15) is 51.2 Å². The standard InChI is InChI=1S/C17H19NO2S/c1-11-15(7-9-21-11)14-6-8-18-16(10-14)12-2-4-13(5-3-12)17(19)20/h2-5,7,9,14,16,18H,6,8,10H2,1H3,(H,19,20)/t14?,16-/m0/s1. The zero-order valence-electron chi connectivity index (χ0n) is 12.0. The number of aromatic carboxylic acids is 1. The van der Waals surface area contributed by atoms with E-state index in [-0.39, 0.29) is 0 Å². The fraction of sp³-hybridized carbons (Fsp3) is 0.353. The number of rotatable bonds is 3. The van der Waals surface area contributed by atoms with E-state index in [0.29, 0.717) is 17.5 Å². The maximum Gasteiger partial charge on any atom is 0.335 e. The van der Waals surface area contributed by atoms with Gasteiger partial charge in [-0.1, -0.05) is 12.1 Å². The monoisotopic (exact) mass is 301 g/mol. The third-order valence-corrected chi connectivity index (χ3v) is 5.16. The summed E-state index contributed by atoms with van der Waals surface area (Å²) in [6, 6.07) is 9.82. The number of nitrogens with one attached hydrogen (secondary N) is 1. The number of hydrogen-bond acceptors (Lipinski definition) is 3. The zero-order chi connectivity index (χ0) is 14.8. The molecule has 4 heteroatoms. The van der Waals surface area contributed by atoms with Crippen LogP contribution in [0.25, 0.3) is 0 Å². The Kier molecular flexibility index (Phi) is 4.08. The number of hydrogen-bond donors (Lipinski definition) is 2. The summed E-state index contributed by atoms with van der Waals surface area (Å²) < 4.78 is 0. The summed E-state index contributed by atoms with van der Waals surface area (Å²) in [7, 11) is 0. The Morgan fingerprint density at radius 2 is 2.05 bits per heavy atom. The van der Waals surface area contributed by atoms with Crippen LogP contribution >= 0.6 is 11.3 Å². The molecule has 0 bridgehead atoms. The normalized spacial score (nSPS) is 22.1. The lowest BCUT2D eigenvalue weighted by molar-refractivity contribution is 0.0697. The van der Waals surface area contributed by atoms with E-state index in [1.54, 1.807) is 12.1 Å². The van der Waals surface area contributed by atoms with Crippen LogP contribution in [-0.4, -0.2) is 17.6 Å². The molecule has 0 spiro atoms. The predicted molar refractivity (Wildman–Crippen MR) is 85.2 cm³/mol. The van der Waals surface area contributed by atoms with Gasteiger partial charge in [0.2, 0.25) is 0 Å². The van der Waals surface area contributed by atoms with Crippen LogP contribution in [0.5, 0.6) is 0 Å². The molecule has 2 aromatic rings. The summed E-state index contributed by atoms with van der Waals surface area (Å²) in [4.78, 5) is 12.3. The molecule has 2 atom stereocenters. The molecule has 2 N–H and O–H groups in total. The fourth-order valence-electron chi connectivity index (χ4n) is 3.13. The molecule has 1 fully saturated rings. The van der Waals surface area contributed by atoms with Gasteiger partial charge < -0.3 is 10.4 Å². The second-order valence-electron chi connectivity index (χ2n) is 5.59. The van der Waals surface area contributed by atoms with Gasteiger partial charge in [0.05, 0.1) is 5.56 Å². The lowest BCUT2D eigenvalue weighted by atomic mass is 9.84. The second-order valence-corrected chi connectivity index (χ2v) is 6.71. The van der Waals surface area contributed by atoms with Crippen molar-refractivity contribution in [3.05, 3.63) is 57.3 Å². The van der Waals surface area contributed by atoms with Gasteiger partial charge in [0.25, 0.3) is 0 Å². The molecule has 1 aliphatic rings. The largest absolute Gasteiger partial charge is 0.478 e. The lowest BCUT2D eigenvalue weighted by Gasteiger charge is -2.31. The van der Waals surface area contributed by atoms with E-state index in [2.05, 4.69) is 23.7 Å². The zero-order valence-corrected chi connectivity index (χ0v) is 12.8. The van der Waals surface area contributed by atoms with Gasteiger partial charge in [-0.3, -0.25) is 0 Å². The molecule has 0 aliphatic carbocycles. The molecule has 2 heterocycles. The molecule has 1 aromatic heterocycles. The Labute approximate surface area is 128 Å². The highest BCUT2D eigenvalue weighted by atomic mass is 32.1. The number of carboxylic acids is 1. The summed E-state index contributed by atoms with van der Waals surface area (Å²) in [5, 5.41) is 14.7. The fourth-order valence-corrected chi connectivity index (χ4v) is 3.92. The van der Waals surface area contributed by atoms with Gasteiger partial charge in [-0.05, 0) is 66.9 Å². The average molecular weight is 301 g/mol. The van der Waals surface area contributed by atoms with Gasteiger partial charge in [-0.15, -0.1) is 11.3 Å². The van der Waals surface area contributed by atoms with Crippen molar-refractivity contribution >= 4 is 17.3 Å². The lowest BCUT2D eigenvalue weighted by Crippen LogP contribution is -2.31. The van der Waals surface area contributed by atoms with E-state index in [9.17, 15) is 4.79 Å². The molecule has 1 aliphatic heterocycles. The Morgan fingerprint density at radius 3 is 2.67 bits per heavy atom. The van der Waals surface area contributed by atoms with E-state index < -0.39 is 5.97 Å². The van der Waals surface area contributed by atoms with E-state index in [4.69, 9.17) is 5.11 Å². The molecule has 0 saturated carbocycles. The van der Waals surface area contributed by atoms with Gasteiger partial charge in [-0.25, -0.2) is 4.79 Å². The van der Waals surface area contributed by atoms with Crippen LogP contribution in [-0.2, 0) is 0 Å². The Morgan fingerprint density at radius 1 is 1.29 bits per heavy atom. The van der Waals surface area contributed by atoms with E-state index in [1.807, 2.05) is 23.5 Å². The summed E-state index contributed by atoms with van der Waals surface area (Å²) in [5.41, 5.74) is 3.01. The van der Waals surface area contributed by atoms with Crippen molar-refractivity contribution < 1.29 is 9.90 Å². The predicted octanol–water partition coefficient (Wildman–Crippen LogP) is 3.96. The third-order valence-electron chi connectivity index (χ3n) is 4.30. The number of carboxylic acid groups (broad SMARTS) is 1. The average Bonchev–Trinajstić information content (AvgIpc) is 2.94. The first-order valence-corrected chi connectivity index (χ1v) is 8.13. The molecule has 3 rings (SSSR count). The van der Waals surface area contributed by atoms with E-state index in [1.165, 1.54) is 22.4 Å². The molecule has 0 radical (unpaired) electrons. The summed E-state index contributed by atoms with van der Waals surface area (Å²) in [6.07, 6.45) is 2.24. The van der Waals surface area contributed by atoms with Crippen molar-refractivity contribution in [2.45, 2.75) is 31.7 Å². The van der Waals surface area contributed by atoms with Gasteiger partial charge in [0.15, 0.2) is 0 Å². The molecule has 0 amide bonds. The van der Waals surface area contributed by atoms with Crippen LogP contribution in [0.4, 0.5) is 0 Å². The van der Waals surface area contributed by atoms with Gasteiger partial charge >= 0.3 is 5.97 Å². The molecular formula is C17H19NO2S. The summed E-state index contributed by atoms with van der Waals surface area (Å²) >= 11 is 1.81. The maximum atomic E-state index is 10.9. The minimum atomic E-state index is -0.870. The highest BCUT2D eigenvalue weighted by Crippen LogP contribution is 2.37. The first kappa shape index (κ1) is 14.3. The topological polar surface area (TPSA) is 49.3 Å². The molecule has 1 unspecified atom stereocenters. The molecule has 21 heavy (non-hydrogen) atoms. The summed E-state index contributed by atoms with van der Waals surface area (Å²) in [6.45, 7) is 3.20. The molecule has 3 nitrogen and oxygen atoms in total. The number of thiophene rings is 1. The van der Waals surface area contributed by atoms with Crippen LogP contribution < -0.4 is 5.32 Å². The number of aryl methyl sites for hydroxylation is 1. The van der Waals surface area contributed by atoms with Crippen LogP contribution in [0.15, 0.2) is 35.7 Å². The molecular weight excluding hydrogens is 282 g/mol. The van der Waals surface area contributed by atoms with Crippen molar-refractivity contribution in [2.75, 3.05) is 6.54 Å². The first-order chi connectivity index (χ1) is 10.1. The minimum Gasteiger partial charge on any atom is -0.478 e. The van der Waals surface area contributed by atoms with E-state index >= 15 is 0 Å². The number of piperidine rings is 1. The second kappa shape index (κ2) is 6.00.